The van der Waals surface area contributed by atoms with E-state index in [1.54, 1.807) is 0 Å². The van der Waals surface area contributed by atoms with Gasteiger partial charge in [0.25, 0.3) is 0 Å². The Morgan fingerprint density at radius 3 is 2.67 bits per heavy atom. The molecule has 0 aromatic heterocycles. The predicted octanol–water partition coefficient (Wildman–Crippen LogP) is 1.26. The van der Waals surface area contributed by atoms with Crippen LogP contribution < -0.4 is 11.1 Å². The number of carboxylic acids is 1. The Bertz CT molecular complexity index is 561. The van der Waals surface area contributed by atoms with E-state index in [0.29, 0.717) is 5.02 Å². The van der Waals surface area contributed by atoms with Gasteiger partial charge in [-0.2, -0.15) is 0 Å². The van der Waals surface area contributed by atoms with Crippen LogP contribution in [-0.4, -0.2) is 36.1 Å². The fraction of sp³-hybridized carbons (Fsp3) is 0.308. The molecule has 7 nitrogen and oxygen atoms in total. The number of aliphatic carboxylic acids is 1. The number of benzene rings is 1. The van der Waals surface area contributed by atoms with E-state index in [1.807, 2.05) is 0 Å². The molecule has 0 saturated carbocycles. The van der Waals surface area contributed by atoms with Gasteiger partial charge in [0.1, 0.15) is 0 Å². The van der Waals surface area contributed by atoms with Gasteiger partial charge in [-0.15, -0.1) is 0 Å². The molecule has 114 valence electrons. The van der Waals surface area contributed by atoms with E-state index >= 15 is 0 Å². The highest BCUT2D eigenvalue weighted by Gasteiger charge is 2.19. The molecule has 0 heterocycles. The quantitative estimate of drug-likeness (QED) is 0.680. The largest absolute Gasteiger partial charge is 0.481 e. The zero-order chi connectivity index (χ0) is 16.0. The Balaban J connectivity index is 2.84. The van der Waals surface area contributed by atoms with Gasteiger partial charge in [-0.25, -0.2) is 4.79 Å². The molecule has 0 saturated heterocycles. The molecule has 0 aliphatic heterocycles. The Labute approximate surface area is 126 Å². The van der Waals surface area contributed by atoms with Crippen LogP contribution >= 0.6 is 11.6 Å². The Hall–Kier alpha value is -2.12. The van der Waals surface area contributed by atoms with Gasteiger partial charge in [0, 0.05) is 11.4 Å². The second kappa shape index (κ2) is 7.61. The number of ether oxygens (including phenoxy) is 1. The summed E-state index contributed by atoms with van der Waals surface area (Å²) in [6.07, 6.45) is -0.235. The number of rotatable bonds is 6. The number of amides is 1. The highest BCUT2D eigenvalue weighted by molar-refractivity contribution is 6.31. The highest BCUT2D eigenvalue weighted by Crippen LogP contribution is 2.21. The van der Waals surface area contributed by atoms with Crippen LogP contribution in [0.4, 0.5) is 5.69 Å². The molecule has 1 atom stereocenters. The smallest absolute Gasteiger partial charge is 0.340 e. The fourth-order valence-corrected chi connectivity index (χ4v) is 1.71. The molecular weight excluding hydrogens is 300 g/mol. The lowest BCUT2D eigenvalue weighted by molar-refractivity contribution is -0.137. The van der Waals surface area contributed by atoms with E-state index in [0.717, 1.165) is 0 Å². The van der Waals surface area contributed by atoms with Gasteiger partial charge in [0.2, 0.25) is 5.91 Å². The number of nitrogens with two attached hydrogens (primary N) is 1. The molecule has 0 bridgehead atoms. The Kier molecular flexibility index (Phi) is 6.13. The maximum atomic E-state index is 11.9. The van der Waals surface area contributed by atoms with Crippen LogP contribution in [0.15, 0.2) is 18.2 Å². The minimum absolute atomic E-state index is 0.0116. The van der Waals surface area contributed by atoms with Crippen molar-refractivity contribution in [2.45, 2.75) is 18.9 Å². The minimum Gasteiger partial charge on any atom is -0.481 e. The van der Waals surface area contributed by atoms with Gasteiger partial charge in [-0.05, 0) is 24.6 Å². The van der Waals surface area contributed by atoms with Gasteiger partial charge >= 0.3 is 11.9 Å². The molecule has 0 radical (unpaired) electrons. The lowest BCUT2D eigenvalue weighted by atomic mass is 10.1. The average molecular weight is 315 g/mol. The predicted molar refractivity (Wildman–Crippen MR) is 76.3 cm³/mol. The Morgan fingerprint density at radius 2 is 2.10 bits per heavy atom. The topological polar surface area (TPSA) is 119 Å². The van der Waals surface area contributed by atoms with Crippen LogP contribution in [0.2, 0.25) is 5.02 Å². The van der Waals surface area contributed by atoms with Gasteiger partial charge in [0.15, 0.2) is 0 Å². The summed E-state index contributed by atoms with van der Waals surface area (Å²) in [6, 6.07) is 3.29. The van der Waals surface area contributed by atoms with Crippen molar-refractivity contribution in [3.05, 3.63) is 28.8 Å². The molecule has 1 amide bonds. The molecule has 1 aromatic carbocycles. The van der Waals surface area contributed by atoms with Gasteiger partial charge < -0.3 is 20.9 Å². The average Bonchev–Trinajstić information content (AvgIpc) is 2.45. The number of hydrogen-bond acceptors (Lipinski definition) is 5. The monoisotopic (exact) mass is 314 g/mol. The van der Waals surface area contributed by atoms with Crippen LogP contribution in [0.25, 0.3) is 0 Å². The van der Waals surface area contributed by atoms with Gasteiger partial charge in [-0.3, -0.25) is 9.59 Å². The van der Waals surface area contributed by atoms with Crippen molar-refractivity contribution in [2.75, 3.05) is 12.4 Å². The standard InChI is InChI=1S/C13H15ClN2O5/c1-21-13(20)8-6-7(14)2-4-10(8)16-12(19)9(15)3-5-11(17)18/h2,4,6,9H,3,5,15H2,1H3,(H,16,19)(H,17,18). The minimum atomic E-state index is -1.04. The van der Waals surface area contributed by atoms with Gasteiger partial charge in [-0.1, -0.05) is 11.6 Å². The number of nitrogens with one attached hydrogen (secondary N) is 1. The summed E-state index contributed by atoms with van der Waals surface area (Å²) in [4.78, 5) is 33.9. The first-order valence-corrected chi connectivity index (χ1v) is 6.39. The van der Waals surface area contributed by atoms with Gasteiger partial charge in [0.05, 0.1) is 24.4 Å². The van der Waals surface area contributed by atoms with E-state index < -0.39 is 23.9 Å². The lowest BCUT2D eigenvalue weighted by Gasteiger charge is -2.13. The third kappa shape index (κ3) is 5.05. The molecule has 1 rings (SSSR count). The second-order valence-electron chi connectivity index (χ2n) is 4.21. The van der Waals surface area contributed by atoms with E-state index in [2.05, 4.69) is 10.1 Å². The van der Waals surface area contributed by atoms with E-state index in [-0.39, 0.29) is 24.1 Å². The SMILES string of the molecule is COC(=O)c1cc(Cl)ccc1NC(=O)C(N)CCC(=O)O. The molecule has 0 aliphatic rings. The number of methoxy groups -OCH3 is 1. The van der Waals surface area contributed by atoms with E-state index in [9.17, 15) is 14.4 Å². The number of carboxylic acid groups (broad SMARTS) is 1. The molecule has 0 spiro atoms. The molecule has 21 heavy (non-hydrogen) atoms. The first kappa shape index (κ1) is 16.9. The maximum Gasteiger partial charge on any atom is 0.340 e. The van der Waals surface area contributed by atoms with Crippen LogP contribution in [0.5, 0.6) is 0 Å². The van der Waals surface area contributed by atoms with Crippen molar-refractivity contribution < 1.29 is 24.2 Å². The van der Waals surface area contributed by atoms with Crippen LogP contribution in [0.3, 0.4) is 0 Å². The first-order chi connectivity index (χ1) is 9.85. The lowest BCUT2D eigenvalue weighted by Crippen LogP contribution is -2.36. The van der Waals surface area contributed by atoms with Crippen molar-refractivity contribution in [1.29, 1.82) is 0 Å². The Morgan fingerprint density at radius 1 is 1.43 bits per heavy atom. The molecule has 1 aromatic rings. The molecule has 4 N–H and O–H groups in total. The van der Waals surface area contributed by atoms with Crippen molar-refractivity contribution >= 4 is 35.1 Å². The molecule has 0 aliphatic carbocycles. The number of anilines is 1. The van der Waals surface area contributed by atoms with E-state index in [4.69, 9.17) is 22.4 Å². The zero-order valence-electron chi connectivity index (χ0n) is 11.3. The molecule has 8 heteroatoms. The summed E-state index contributed by atoms with van der Waals surface area (Å²) in [5.41, 5.74) is 5.87. The highest BCUT2D eigenvalue weighted by atomic mass is 35.5. The van der Waals surface area contributed by atoms with Crippen LogP contribution in [-0.2, 0) is 14.3 Å². The number of carbonyl (C=O) groups excluding carboxylic acids is 2. The first-order valence-electron chi connectivity index (χ1n) is 6.01. The normalized spacial score (nSPS) is 11.6. The number of esters is 1. The van der Waals surface area contributed by atoms with Crippen molar-refractivity contribution in [2.24, 2.45) is 5.73 Å². The summed E-state index contributed by atoms with van der Waals surface area (Å²) in [5, 5.41) is 11.3. The summed E-state index contributed by atoms with van der Waals surface area (Å²) >= 11 is 5.79. The van der Waals surface area contributed by atoms with Crippen LogP contribution in [0.1, 0.15) is 23.2 Å². The van der Waals surface area contributed by atoms with E-state index in [1.165, 1.54) is 25.3 Å². The molecular formula is C13H15ClN2O5. The zero-order valence-corrected chi connectivity index (χ0v) is 12.0. The van der Waals surface area contributed by atoms with Crippen LogP contribution in [0, 0.1) is 0 Å². The summed E-state index contributed by atoms with van der Waals surface area (Å²) in [6.45, 7) is 0. The second-order valence-corrected chi connectivity index (χ2v) is 4.65. The van der Waals surface area contributed by atoms with Crippen molar-refractivity contribution in [3.8, 4) is 0 Å². The molecule has 1 unspecified atom stereocenters. The van der Waals surface area contributed by atoms with Crippen molar-refractivity contribution in [3.63, 3.8) is 0 Å². The summed E-state index contributed by atoms with van der Waals surface area (Å²) in [7, 11) is 1.20. The van der Waals surface area contributed by atoms with Crippen molar-refractivity contribution in [1.82, 2.24) is 0 Å². The third-order valence-corrected chi connectivity index (χ3v) is 2.89. The number of carbonyl (C=O) groups is 3. The fourth-order valence-electron chi connectivity index (χ4n) is 1.54. The summed E-state index contributed by atoms with van der Waals surface area (Å²) < 4.78 is 4.60. The third-order valence-electron chi connectivity index (χ3n) is 2.65. The summed E-state index contributed by atoms with van der Waals surface area (Å²) in [5.74, 6) is -2.30. The molecule has 0 fully saturated rings. The number of halogens is 1. The number of hydrogen-bond donors (Lipinski definition) is 3. The maximum absolute atomic E-state index is 11.9.